The molecular weight excluding hydrogens is 284 g/mol. The molecule has 1 aromatic heterocycles. The number of nitrogens with zero attached hydrogens (tertiary/aromatic N) is 1. The first kappa shape index (κ1) is 15.5. The Kier molecular flexibility index (Phi) is 5.08. The van der Waals surface area contributed by atoms with Gasteiger partial charge in [-0.3, -0.25) is 9.59 Å². The van der Waals surface area contributed by atoms with Crippen LogP contribution in [0.15, 0.2) is 53.5 Å². The first-order chi connectivity index (χ1) is 10.6. The van der Waals surface area contributed by atoms with Gasteiger partial charge in [-0.15, -0.1) is 0 Å². The van der Waals surface area contributed by atoms with Crippen molar-refractivity contribution in [1.29, 1.82) is 0 Å². The van der Waals surface area contributed by atoms with Gasteiger partial charge in [-0.2, -0.15) is 0 Å². The fourth-order valence-corrected chi connectivity index (χ4v) is 1.94. The summed E-state index contributed by atoms with van der Waals surface area (Å²) in [5, 5.41) is 2.71. The van der Waals surface area contributed by atoms with Gasteiger partial charge in [0.1, 0.15) is 0 Å². The zero-order valence-corrected chi connectivity index (χ0v) is 12.1. The smallest absolute Gasteiger partial charge is 0.337 e. The van der Waals surface area contributed by atoms with Crippen LogP contribution in [-0.4, -0.2) is 30.1 Å². The molecule has 0 atom stereocenters. The quantitative estimate of drug-likeness (QED) is 0.838. The summed E-state index contributed by atoms with van der Waals surface area (Å²) < 4.78 is 6.12. The van der Waals surface area contributed by atoms with Crippen LogP contribution in [0, 0.1) is 0 Å². The molecule has 0 aliphatic carbocycles. The highest BCUT2D eigenvalue weighted by molar-refractivity contribution is 5.97. The third-order valence-corrected chi connectivity index (χ3v) is 3.08. The van der Waals surface area contributed by atoms with Crippen molar-refractivity contribution >= 4 is 11.9 Å². The molecule has 0 bridgehead atoms. The van der Waals surface area contributed by atoms with Crippen molar-refractivity contribution in [3.63, 3.8) is 0 Å². The molecule has 0 unspecified atom stereocenters. The normalized spacial score (nSPS) is 10.0. The summed E-state index contributed by atoms with van der Waals surface area (Å²) in [4.78, 5) is 35.0. The van der Waals surface area contributed by atoms with Crippen LogP contribution in [0.1, 0.15) is 20.7 Å². The molecule has 0 saturated carbocycles. The molecule has 2 rings (SSSR count). The van der Waals surface area contributed by atoms with Gasteiger partial charge < -0.3 is 14.6 Å². The van der Waals surface area contributed by atoms with E-state index in [9.17, 15) is 14.4 Å². The van der Waals surface area contributed by atoms with Crippen molar-refractivity contribution in [3.05, 3.63) is 70.1 Å². The first-order valence-electron chi connectivity index (χ1n) is 6.74. The van der Waals surface area contributed by atoms with Crippen molar-refractivity contribution < 1.29 is 14.3 Å². The molecule has 6 heteroatoms. The molecule has 1 aromatic carbocycles. The van der Waals surface area contributed by atoms with Crippen molar-refractivity contribution in [3.8, 4) is 0 Å². The molecule has 114 valence electrons. The number of pyridine rings is 1. The van der Waals surface area contributed by atoms with E-state index in [2.05, 4.69) is 10.1 Å². The lowest BCUT2D eigenvalue weighted by molar-refractivity contribution is 0.0600. The summed E-state index contributed by atoms with van der Waals surface area (Å²) in [6.45, 7) is 0.688. The molecule has 0 aliphatic rings. The second-order valence-corrected chi connectivity index (χ2v) is 4.56. The average molecular weight is 300 g/mol. The van der Waals surface area contributed by atoms with Gasteiger partial charge in [0.25, 0.3) is 11.5 Å². The number of ether oxygens (including phenoxy) is 1. The highest BCUT2D eigenvalue weighted by Gasteiger charge is 2.10. The van der Waals surface area contributed by atoms with Gasteiger partial charge in [0, 0.05) is 30.9 Å². The Morgan fingerprint density at radius 2 is 1.91 bits per heavy atom. The maximum Gasteiger partial charge on any atom is 0.337 e. The lowest BCUT2D eigenvalue weighted by Gasteiger charge is -2.08. The molecule has 0 aliphatic heterocycles. The van der Waals surface area contributed by atoms with Crippen LogP contribution in [0.25, 0.3) is 0 Å². The number of amides is 1. The third-order valence-electron chi connectivity index (χ3n) is 3.08. The molecule has 0 fully saturated rings. The van der Waals surface area contributed by atoms with Crippen LogP contribution in [0.5, 0.6) is 0 Å². The van der Waals surface area contributed by atoms with Crippen molar-refractivity contribution in [2.24, 2.45) is 0 Å². The molecule has 1 amide bonds. The van der Waals surface area contributed by atoms with Gasteiger partial charge in [-0.05, 0) is 24.3 Å². The number of carbonyl (C=O) groups excluding carboxylic acids is 2. The minimum atomic E-state index is -0.495. The topological polar surface area (TPSA) is 77.4 Å². The van der Waals surface area contributed by atoms with Gasteiger partial charge in [-0.25, -0.2) is 4.79 Å². The van der Waals surface area contributed by atoms with Crippen molar-refractivity contribution in [2.75, 3.05) is 13.7 Å². The Bertz CT molecular complexity index is 737. The van der Waals surface area contributed by atoms with Crippen molar-refractivity contribution in [2.45, 2.75) is 6.54 Å². The molecule has 22 heavy (non-hydrogen) atoms. The van der Waals surface area contributed by atoms with Gasteiger partial charge >= 0.3 is 5.97 Å². The van der Waals surface area contributed by atoms with Gasteiger partial charge in [0.15, 0.2) is 0 Å². The fourth-order valence-electron chi connectivity index (χ4n) is 1.94. The van der Waals surface area contributed by atoms with Crippen LogP contribution in [0.4, 0.5) is 0 Å². The number of carbonyl (C=O) groups is 2. The van der Waals surface area contributed by atoms with Gasteiger partial charge in [0.05, 0.1) is 12.7 Å². The van der Waals surface area contributed by atoms with Crippen LogP contribution < -0.4 is 10.9 Å². The standard InChI is InChI=1S/C16H16N2O4/c1-22-16(21)13-6-4-5-12(11-13)15(20)17-8-10-18-9-3-2-7-14(18)19/h2-7,9,11H,8,10H2,1H3,(H,17,20). The van der Waals surface area contributed by atoms with Crippen LogP contribution in [0.2, 0.25) is 0 Å². The van der Waals surface area contributed by atoms with Crippen LogP contribution in [-0.2, 0) is 11.3 Å². The van der Waals surface area contributed by atoms with Gasteiger partial charge in [-0.1, -0.05) is 12.1 Å². The number of methoxy groups -OCH3 is 1. The monoisotopic (exact) mass is 300 g/mol. The fraction of sp³-hybridized carbons (Fsp3) is 0.188. The molecule has 1 N–H and O–H groups in total. The summed E-state index contributed by atoms with van der Waals surface area (Å²) in [5.74, 6) is -0.805. The summed E-state index contributed by atoms with van der Waals surface area (Å²) in [6.07, 6.45) is 1.66. The van der Waals surface area contributed by atoms with E-state index >= 15 is 0 Å². The number of nitrogens with one attached hydrogen (secondary N) is 1. The third kappa shape index (κ3) is 3.82. The number of hydrogen-bond acceptors (Lipinski definition) is 4. The Hall–Kier alpha value is -2.89. The summed E-state index contributed by atoms with van der Waals surface area (Å²) in [6, 6.07) is 11.1. The van der Waals surface area contributed by atoms with E-state index < -0.39 is 5.97 Å². The second-order valence-electron chi connectivity index (χ2n) is 4.56. The number of aromatic nitrogens is 1. The minimum Gasteiger partial charge on any atom is -0.465 e. The number of rotatable bonds is 5. The average Bonchev–Trinajstić information content (AvgIpc) is 2.56. The number of hydrogen-bond donors (Lipinski definition) is 1. The van der Waals surface area contributed by atoms with E-state index in [0.29, 0.717) is 24.2 Å². The summed E-state index contributed by atoms with van der Waals surface area (Å²) in [7, 11) is 1.28. The molecule has 0 spiro atoms. The maximum atomic E-state index is 12.0. The Morgan fingerprint density at radius 1 is 1.14 bits per heavy atom. The first-order valence-corrected chi connectivity index (χ1v) is 6.74. The van der Waals surface area contributed by atoms with E-state index in [-0.39, 0.29) is 11.5 Å². The van der Waals surface area contributed by atoms with E-state index in [1.807, 2.05) is 0 Å². The van der Waals surface area contributed by atoms with E-state index in [1.165, 1.54) is 23.8 Å². The zero-order chi connectivity index (χ0) is 15.9. The zero-order valence-electron chi connectivity index (χ0n) is 12.1. The molecular formula is C16H16N2O4. The lowest BCUT2D eigenvalue weighted by atomic mass is 10.1. The molecule has 0 saturated heterocycles. The van der Waals surface area contributed by atoms with Crippen molar-refractivity contribution in [1.82, 2.24) is 9.88 Å². The SMILES string of the molecule is COC(=O)c1cccc(C(=O)NCCn2ccccc2=O)c1. The van der Waals surface area contributed by atoms with Crippen LogP contribution in [0.3, 0.4) is 0 Å². The van der Waals surface area contributed by atoms with E-state index in [1.54, 1.807) is 36.5 Å². The Balaban J connectivity index is 1.97. The molecule has 1 heterocycles. The highest BCUT2D eigenvalue weighted by atomic mass is 16.5. The van der Waals surface area contributed by atoms with Gasteiger partial charge in [0.2, 0.25) is 0 Å². The predicted octanol–water partition coefficient (Wildman–Crippen LogP) is 1.06. The Labute approximate surface area is 127 Å². The molecule has 6 nitrogen and oxygen atoms in total. The Morgan fingerprint density at radius 3 is 2.64 bits per heavy atom. The largest absolute Gasteiger partial charge is 0.465 e. The summed E-state index contributed by atoms with van der Waals surface area (Å²) >= 11 is 0. The second kappa shape index (κ2) is 7.21. The lowest BCUT2D eigenvalue weighted by Crippen LogP contribution is -2.30. The van der Waals surface area contributed by atoms with Crippen LogP contribution >= 0.6 is 0 Å². The minimum absolute atomic E-state index is 0.121. The predicted molar refractivity (Wildman–Crippen MR) is 80.8 cm³/mol. The molecule has 2 aromatic rings. The van der Waals surface area contributed by atoms with E-state index in [4.69, 9.17) is 0 Å². The summed E-state index contributed by atoms with van der Waals surface area (Å²) in [5.41, 5.74) is 0.558. The molecule has 0 radical (unpaired) electrons. The number of esters is 1. The number of benzene rings is 1. The van der Waals surface area contributed by atoms with E-state index in [0.717, 1.165) is 0 Å². The maximum absolute atomic E-state index is 12.0. The highest BCUT2D eigenvalue weighted by Crippen LogP contribution is 2.06.